The van der Waals surface area contributed by atoms with E-state index in [4.69, 9.17) is 5.73 Å². The topological polar surface area (TPSA) is 69.6 Å². The highest BCUT2D eigenvalue weighted by Crippen LogP contribution is 2.41. The van der Waals surface area contributed by atoms with Crippen molar-refractivity contribution >= 4 is 16.5 Å². The first-order valence-electron chi connectivity index (χ1n) is 5.32. The van der Waals surface area contributed by atoms with Gasteiger partial charge in [0.1, 0.15) is 10.8 Å². The second-order valence-electron chi connectivity index (χ2n) is 4.18. The average Bonchev–Trinajstić information content (AvgIpc) is 2.94. The number of anilines is 1. The molecule has 0 aliphatic heterocycles. The maximum Gasteiger partial charge on any atom is 0.169 e. The van der Waals surface area contributed by atoms with Crippen LogP contribution in [0.2, 0.25) is 0 Å². The van der Waals surface area contributed by atoms with Crippen molar-refractivity contribution in [2.24, 2.45) is 0 Å². The molecule has 0 amide bonds. The summed E-state index contributed by atoms with van der Waals surface area (Å²) in [5.74, 6) is 1.84. The molecule has 5 nitrogen and oxygen atoms in total. The molecular weight excluding hydrogens is 222 g/mol. The van der Waals surface area contributed by atoms with Gasteiger partial charge < -0.3 is 10.3 Å². The normalized spacial score (nSPS) is 15.6. The van der Waals surface area contributed by atoms with E-state index in [2.05, 4.69) is 19.1 Å². The SMILES string of the molecule is Cc1nsc(N)c1-c1nnc(C)n1C1CC1. The Morgan fingerprint density at radius 1 is 1.31 bits per heavy atom. The van der Waals surface area contributed by atoms with Crippen LogP contribution in [-0.2, 0) is 0 Å². The van der Waals surface area contributed by atoms with Crippen LogP contribution in [0.25, 0.3) is 11.4 Å². The Morgan fingerprint density at radius 2 is 2.06 bits per heavy atom. The largest absolute Gasteiger partial charge is 0.389 e. The summed E-state index contributed by atoms with van der Waals surface area (Å²) in [6.07, 6.45) is 2.42. The number of aryl methyl sites for hydroxylation is 2. The molecule has 1 aliphatic rings. The zero-order valence-corrected chi connectivity index (χ0v) is 10.1. The molecule has 1 aliphatic carbocycles. The summed E-state index contributed by atoms with van der Waals surface area (Å²) < 4.78 is 6.45. The molecule has 0 spiro atoms. The molecule has 2 aromatic heterocycles. The van der Waals surface area contributed by atoms with Gasteiger partial charge in [0.25, 0.3) is 0 Å². The monoisotopic (exact) mass is 235 g/mol. The fourth-order valence-corrected chi connectivity index (χ4v) is 2.63. The smallest absolute Gasteiger partial charge is 0.169 e. The molecule has 0 atom stereocenters. The summed E-state index contributed by atoms with van der Waals surface area (Å²) in [7, 11) is 0. The summed E-state index contributed by atoms with van der Waals surface area (Å²) in [5.41, 5.74) is 7.84. The maximum absolute atomic E-state index is 5.95. The van der Waals surface area contributed by atoms with E-state index in [1.165, 1.54) is 24.4 Å². The van der Waals surface area contributed by atoms with E-state index in [0.717, 1.165) is 27.9 Å². The molecule has 3 rings (SSSR count). The molecule has 16 heavy (non-hydrogen) atoms. The molecule has 2 heterocycles. The third-order valence-corrected chi connectivity index (χ3v) is 3.66. The number of nitrogens with zero attached hydrogens (tertiary/aromatic N) is 4. The number of nitrogens with two attached hydrogens (primary N) is 1. The zero-order valence-electron chi connectivity index (χ0n) is 9.27. The van der Waals surface area contributed by atoms with E-state index in [-0.39, 0.29) is 0 Å². The Labute approximate surface area is 97.5 Å². The molecule has 0 saturated heterocycles. The van der Waals surface area contributed by atoms with Crippen LogP contribution in [0.4, 0.5) is 5.00 Å². The third-order valence-electron chi connectivity index (χ3n) is 2.89. The van der Waals surface area contributed by atoms with Crippen molar-refractivity contribution in [3.63, 3.8) is 0 Å². The molecular formula is C10H13N5S. The van der Waals surface area contributed by atoms with Crippen LogP contribution in [0.3, 0.4) is 0 Å². The number of rotatable bonds is 2. The molecule has 1 saturated carbocycles. The van der Waals surface area contributed by atoms with Crippen molar-refractivity contribution in [1.29, 1.82) is 0 Å². The first kappa shape index (κ1) is 9.77. The summed E-state index contributed by atoms with van der Waals surface area (Å²) in [5, 5.41) is 9.12. The van der Waals surface area contributed by atoms with Crippen molar-refractivity contribution in [1.82, 2.24) is 19.1 Å². The molecule has 6 heteroatoms. The van der Waals surface area contributed by atoms with Gasteiger partial charge in [-0.25, -0.2) is 0 Å². The van der Waals surface area contributed by atoms with E-state index in [9.17, 15) is 0 Å². The predicted molar refractivity (Wildman–Crippen MR) is 63.3 cm³/mol. The van der Waals surface area contributed by atoms with Gasteiger partial charge in [-0.2, -0.15) is 4.37 Å². The third kappa shape index (κ3) is 1.33. The molecule has 0 unspecified atom stereocenters. The summed E-state index contributed by atoms with van der Waals surface area (Å²) in [6.45, 7) is 3.95. The minimum atomic E-state index is 0.559. The quantitative estimate of drug-likeness (QED) is 0.863. The average molecular weight is 235 g/mol. The van der Waals surface area contributed by atoms with Crippen LogP contribution in [-0.4, -0.2) is 19.1 Å². The van der Waals surface area contributed by atoms with E-state index < -0.39 is 0 Å². The van der Waals surface area contributed by atoms with Gasteiger partial charge >= 0.3 is 0 Å². The van der Waals surface area contributed by atoms with Crippen LogP contribution in [0.5, 0.6) is 0 Å². The van der Waals surface area contributed by atoms with E-state index in [1.807, 2.05) is 13.8 Å². The van der Waals surface area contributed by atoms with Gasteiger partial charge in [-0.1, -0.05) is 0 Å². The highest BCUT2D eigenvalue weighted by molar-refractivity contribution is 7.10. The van der Waals surface area contributed by atoms with Crippen molar-refractivity contribution in [3.05, 3.63) is 11.5 Å². The number of aromatic nitrogens is 4. The highest BCUT2D eigenvalue weighted by Gasteiger charge is 2.30. The molecule has 2 N–H and O–H groups in total. The van der Waals surface area contributed by atoms with E-state index in [1.54, 1.807) is 0 Å². The Bertz CT molecular complexity index is 518. The second kappa shape index (κ2) is 3.28. The first-order chi connectivity index (χ1) is 7.68. The van der Waals surface area contributed by atoms with Gasteiger partial charge in [0.15, 0.2) is 5.82 Å². The van der Waals surface area contributed by atoms with Gasteiger partial charge in [0.05, 0.1) is 11.3 Å². The number of nitrogen functional groups attached to an aromatic ring is 1. The molecule has 0 aromatic carbocycles. The lowest BCUT2D eigenvalue weighted by molar-refractivity contribution is 0.717. The fraction of sp³-hybridized carbons (Fsp3) is 0.500. The van der Waals surface area contributed by atoms with Crippen molar-refractivity contribution in [2.45, 2.75) is 32.7 Å². The minimum Gasteiger partial charge on any atom is -0.389 e. The Hall–Kier alpha value is -1.43. The van der Waals surface area contributed by atoms with Crippen LogP contribution in [0, 0.1) is 13.8 Å². The number of hydrogen-bond donors (Lipinski definition) is 1. The van der Waals surface area contributed by atoms with Crippen molar-refractivity contribution in [2.75, 3.05) is 5.73 Å². The molecule has 0 bridgehead atoms. The predicted octanol–water partition coefficient (Wildman–Crippen LogP) is 1.94. The standard InChI is InChI=1S/C10H13N5S/c1-5-8(9(11)16-14-5)10-13-12-6(2)15(10)7-3-4-7/h7H,3-4,11H2,1-2H3. The van der Waals surface area contributed by atoms with Crippen LogP contribution in [0.15, 0.2) is 0 Å². The fourth-order valence-electron chi connectivity index (χ4n) is 1.97. The van der Waals surface area contributed by atoms with Crippen molar-refractivity contribution < 1.29 is 0 Å². The zero-order chi connectivity index (χ0) is 11.3. The molecule has 84 valence electrons. The lowest BCUT2D eigenvalue weighted by Gasteiger charge is -2.06. The van der Waals surface area contributed by atoms with Crippen LogP contribution >= 0.6 is 11.5 Å². The summed E-state index contributed by atoms with van der Waals surface area (Å²) in [6, 6.07) is 0.559. The van der Waals surface area contributed by atoms with E-state index >= 15 is 0 Å². The molecule has 2 aromatic rings. The van der Waals surface area contributed by atoms with Crippen LogP contribution in [0.1, 0.15) is 30.4 Å². The van der Waals surface area contributed by atoms with Crippen LogP contribution < -0.4 is 5.73 Å². The van der Waals surface area contributed by atoms with Gasteiger partial charge in [0.2, 0.25) is 0 Å². The van der Waals surface area contributed by atoms with Gasteiger partial charge in [-0.3, -0.25) is 0 Å². The molecule has 1 fully saturated rings. The van der Waals surface area contributed by atoms with Crippen molar-refractivity contribution in [3.8, 4) is 11.4 Å². The Balaban J connectivity index is 2.19. The number of hydrogen-bond acceptors (Lipinski definition) is 5. The van der Waals surface area contributed by atoms with Gasteiger partial charge in [-0.05, 0) is 38.2 Å². The first-order valence-corrected chi connectivity index (χ1v) is 6.09. The second-order valence-corrected chi connectivity index (χ2v) is 4.98. The van der Waals surface area contributed by atoms with Gasteiger partial charge in [-0.15, -0.1) is 10.2 Å². The Morgan fingerprint density at radius 3 is 2.62 bits per heavy atom. The minimum absolute atomic E-state index is 0.559. The lowest BCUT2D eigenvalue weighted by atomic mass is 10.2. The summed E-state index contributed by atoms with van der Waals surface area (Å²) >= 11 is 1.32. The maximum atomic E-state index is 5.95. The van der Waals surface area contributed by atoms with Gasteiger partial charge in [0, 0.05) is 6.04 Å². The lowest BCUT2D eigenvalue weighted by Crippen LogP contribution is -2.01. The Kier molecular flexibility index (Phi) is 2.00. The molecule has 0 radical (unpaired) electrons. The highest BCUT2D eigenvalue weighted by atomic mass is 32.1. The summed E-state index contributed by atoms with van der Waals surface area (Å²) in [4.78, 5) is 0. The van der Waals surface area contributed by atoms with E-state index in [0.29, 0.717) is 6.04 Å².